The van der Waals surface area contributed by atoms with Gasteiger partial charge in [0.1, 0.15) is 5.76 Å². The molecule has 2 nitrogen and oxygen atoms in total. The molecule has 0 aromatic heterocycles. The van der Waals surface area contributed by atoms with E-state index in [1.54, 1.807) is 0 Å². The summed E-state index contributed by atoms with van der Waals surface area (Å²) in [7, 11) is 0. The molecule has 1 rings (SSSR count). The maximum Gasteiger partial charge on any atom is 0.416 e. The molecule has 0 aliphatic carbocycles. The molecule has 0 fully saturated rings. The summed E-state index contributed by atoms with van der Waals surface area (Å²) in [6.07, 6.45) is -0.248. The third kappa shape index (κ3) is 3.08. The smallest absolute Gasteiger partial charge is 0.416 e. The van der Waals surface area contributed by atoms with Crippen molar-refractivity contribution in [3.63, 3.8) is 0 Å². The Kier molecular flexibility index (Phi) is 3.11. The van der Waals surface area contributed by atoms with Gasteiger partial charge in [-0.3, -0.25) is 4.99 Å². The van der Waals surface area contributed by atoms with Crippen molar-refractivity contribution >= 4 is 6.40 Å². The van der Waals surface area contributed by atoms with Gasteiger partial charge in [-0.25, -0.2) is 0 Å². The molecular weight excluding hydrogens is 195 g/mol. The van der Waals surface area contributed by atoms with Gasteiger partial charge >= 0.3 is 6.18 Å². The van der Waals surface area contributed by atoms with E-state index in [4.69, 9.17) is 4.74 Å². The van der Waals surface area contributed by atoms with E-state index >= 15 is 0 Å². The molecule has 0 spiro atoms. The average molecular weight is 203 g/mol. The van der Waals surface area contributed by atoms with Crippen LogP contribution >= 0.6 is 0 Å². The molecule has 0 atom stereocenters. The minimum absolute atomic E-state index is 0.0630. The van der Waals surface area contributed by atoms with Crippen LogP contribution in [-0.2, 0) is 4.74 Å². The summed E-state index contributed by atoms with van der Waals surface area (Å²) < 4.78 is 41.6. The van der Waals surface area contributed by atoms with Crippen LogP contribution in [0.1, 0.15) is 0 Å². The number of rotatable bonds is 0. The highest BCUT2D eigenvalue weighted by molar-refractivity contribution is 5.50. The fraction of sp³-hybridized carbons (Fsp3) is 0.222. The lowest BCUT2D eigenvalue weighted by atomic mass is 10.2. The monoisotopic (exact) mass is 203 g/mol. The highest BCUT2D eigenvalue weighted by Gasteiger charge is 2.31. The molecule has 0 bridgehead atoms. The molecule has 0 amide bonds. The molecule has 0 saturated heterocycles. The second-order valence-corrected chi connectivity index (χ2v) is 2.55. The number of nitrogens with zero attached hydrogens (tertiary/aromatic N) is 1. The first-order valence-corrected chi connectivity index (χ1v) is 3.79. The summed E-state index contributed by atoms with van der Waals surface area (Å²) in [6, 6.07) is 0. The van der Waals surface area contributed by atoms with Crippen LogP contribution < -0.4 is 0 Å². The van der Waals surface area contributed by atoms with E-state index in [1.807, 2.05) is 0 Å². The average Bonchev–Trinajstić information content (AvgIpc) is 2.15. The number of alkyl halides is 3. The summed E-state index contributed by atoms with van der Waals surface area (Å²) in [5, 5.41) is 0. The van der Waals surface area contributed by atoms with Crippen molar-refractivity contribution in [3.8, 4) is 0 Å². The highest BCUT2D eigenvalue weighted by Crippen LogP contribution is 2.26. The zero-order valence-electron chi connectivity index (χ0n) is 7.21. The molecular formula is C9H8F3NO. The summed E-state index contributed by atoms with van der Waals surface area (Å²) in [4.78, 5) is 3.58. The predicted molar refractivity (Wildman–Crippen MR) is 46.9 cm³/mol. The van der Waals surface area contributed by atoms with Crippen molar-refractivity contribution < 1.29 is 17.9 Å². The van der Waals surface area contributed by atoms with Gasteiger partial charge in [0.25, 0.3) is 0 Å². The van der Waals surface area contributed by atoms with Gasteiger partial charge in [0.2, 0.25) is 0 Å². The Balaban J connectivity index is 2.92. The first-order valence-electron chi connectivity index (χ1n) is 3.79. The molecule has 14 heavy (non-hydrogen) atoms. The maximum absolute atomic E-state index is 12.3. The molecule has 76 valence electrons. The van der Waals surface area contributed by atoms with Crippen molar-refractivity contribution in [3.05, 3.63) is 36.1 Å². The van der Waals surface area contributed by atoms with Gasteiger partial charge in [-0.2, -0.15) is 13.2 Å². The van der Waals surface area contributed by atoms with E-state index in [1.165, 1.54) is 0 Å². The van der Waals surface area contributed by atoms with Crippen LogP contribution in [0, 0.1) is 0 Å². The number of hydrogen-bond acceptors (Lipinski definition) is 2. The third-order valence-corrected chi connectivity index (χ3v) is 1.47. The molecule has 1 aliphatic rings. The normalized spacial score (nSPS) is 23.9. The molecule has 1 aliphatic heterocycles. The molecule has 0 N–H and O–H groups in total. The third-order valence-electron chi connectivity index (χ3n) is 1.47. The van der Waals surface area contributed by atoms with E-state index in [2.05, 4.69) is 11.6 Å². The zero-order valence-corrected chi connectivity index (χ0v) is 7.21. The second-order valence-electron chi connectivity index (χ2n) is 2.55. The predicted octanol–water partition coefficient (Wildman–Crippen LogP) is 2.60. The van der Waals surface area contributed by atoms with E-state index in [0.717, 1.165) is 24.6 Å². The van der Waals surface area contributed by atoms with Crippen LogP contribution in [0.3, 0.4) is 0 Å². The van der Waals surface area contributed by atoms with E-state index in [-0.39, 0.29) is 12.3 Å². The van der Waals surface area contributed by atoms with Crippen LogP contribution in [-0.4, -0.2) is 19.1 Å². The number of halogens is 3. The topological polar surface area (TPSA) is 21.6 Å². The van der Waals surface area contributed by atoms with Gasteiger partial charge < -0.3 is 4.74 Å². The SMILES string of the molecule is C=C1/C=C\C(C(F)(F)F)=C/CN=CO1. The molecule has 0 aromatic rings. The Morgan fingerprint density at radius 1 is 1.36 bits per heavy atom. The number of ether oxygens (including phenoxy) is 1. The molecule has 0 radical (unpaired) electrons. The van der Waals surface area contributed by atoms with E-state index in [9.17, 15) is 13.2 Å². The van der Waals surface area contributed by atoms with Crippen molar-refractivity contribution in [2.24, 2.45) is 4.99 Å². The number of aliphatic imine (C=N–C) groups is 1. The summed E-state index contributed by atoms with van der Waals surface area (Å²) in [5.41, 5.74) is -0.749. The molecule has 1 heterocycles. The standard InChI is InChI=1S/C9H8F3NO/c1-7-2-3-8(9(10,11)12)4-5-13-6-14-7/h2-4,6H,1,5H2/b3-2-,8-4+,13-6?. The van der Waals surface area contributed by atoms with Crippen LogP contribution in [0.25, 0.3) is 0 Å². The van der Waals surface area contributed by atoms with Crippen molar-refractivity contribution in [2.75, 3.05) is 6.54 Å². The summed E-state index contributed by atoms with van der Waals surface area (Å²) >= 11 is 0. The molecule has 0 unspecified atom stereocenters. The maximum atomic E-state index is 12.3. The minimum Gasteiger partial charge on any atom is -0.447 e. The van der Waals surface area contributed by atoms with E-state index < -0.39 is 11.7 Å². The van der Waals surface area contributed by atoms with Crippen molar-refractivity contribution in [2.45, 2.75) is 6.18 Å². The minimum atomic E-state index is -4.36. The second kappa shape index (κ2) is 4.13. The highest BCUT2D eigenvalue weighted by atomic mass is 19.4. The Morgan fingerprint density at radius 2 is 2.07 bits per heavy atom. The quantitative estimate of drug-likeness (QED) is 0.593. The molecule has 5 heteroatoms. The van der Waals surface area contributed by atoms with Crippen LogP contribution in [0.15, 0.2) is 41.1 Å². The van der Waals surface area contributed by atoms with Crippen LogP contribution in [0.5, 0.6) is 0 Å². The van der Waals surface area contributed by atoms with Crippen molar-refractivity contribution in [1.82, 2.24) is 0 Å². The fourth-order valence-corrected chi connectivity index (χ4v) is 0.799. The van der Waals surface area contributed by atoms with Gasteiger partial charge in [0.05, 0.1) is 12.1 Å². The largest absolute Gasteiger partial charge is 0.447 e. The van der Waals surface area contributed by atoms with Gasteiger partial charge in [-0.15, -0.1) is 0 Å². The van der Waals surface area contributed by atoms with Crippen LogP contribution in [0.2, 0.25) is 0 Å². The summed E-state index contributed by atoms with van der Waals surface area (Å²) in [6.45, 7) is 3.32. The van der Waals surface area contributed by atoms with Gasteiger partial charge in [-0.05, 0) is 12.2 Å². The molecule has 0 aromatic carbocycles. The van der Waals surface area contributed by atoms with Crippen molar-refractivity contribution in [1.29, 1.82) is 0 Å². The summed E-state index contributed by atoms with van der Waals surface area (Å²) in [5.74, 6) is 0.116. The first kappa shape index (κ1) is 10.6. The van der Waals surface area contributed by atoms with E-state index in [0.29, 0.717) is 0 Å². The fourth-order valence-electron chi connectivity index (χ4n) is 0.799. The van der Waals surface area contributed by atoms with Gasteiger partial charge in [0.15, 0.2) is 6.40 Å². The lowest BCUT2D eigenvalue weighted by molar-refractivity contribution is -0.0883. The Bertz CT molecular complexity index is 313. The lowest BCUT2D eigenvalue weighted by Crippen LogP contribution is -2.10. The number of allylic oxidation sites excluding steroid dienone is 3. The Hall–Kier alpha value is -1.52. The first-order chi connectivity index (χ1) is 6.50. The van der Waals surface area contributed by atoms with Gasteiger partial charge in [-0.1, -0.05) is 12.7 Å². The lowest BCUT2D eigenvalue weighted by Gasteiger charge is -2.06. The molecule has 0 saturated carbocycles. The van der Waals surface area contributed by atoms with Crippen LogP contribution in [0.4, 0.5) is 13.2 Å². The number of hydrogen-bond donors (Lipinski definition) is 0. The van der Waals surface area contributed by atoms with Gasteiger partial charge in [0, 0.05) is 0 Å². The Labute approximate surface area is 79.1 Å². The Morgan fingerprint density at radius 3 is 2.71 bits per heavy atom. The zero-order chi connectivity index (χ0) is 10.6.